The quantitative estimate of drug-likeness (QED) is 0.218. The molecule has 5 rings (SSSR count). The van der Waals surface area contributed by atoms with Crippen molar-refractivity contribution in [3.63, 3.8) is 0 Å². The Labute approximate surface area is 200 Å². The van der Waals surface area contributed by atoms with Crippen LogP contribution < -0.4 is 4.90 Å². The summed E-state index contributed by atoms with van der Waals surface area (Å²) in [7, 11) is 2.06. The second kappa shape index (κ2) is 9.96. The van der Waals surface area contributed by atoms with Crippen molar-refractivity contribution in [2.45, 2.75) is 39.2 Å². The predicted octanol–water partition coefficient (Wildman–Crippen LogP) is 7.53. The number of aryl methyl sites for hydroxylation is 1. The zero-order chi connectivity index (χ0) is 23.3. The molecule has 5 aromatic rings. The molecule has 0 unspecified atom stereocenters. The summed E-state index contributed by atoms with van der Waals surface area (Å²) >= 11 is 0. The second-order valence-electron chi connectivity index (χ2n) is 8.63. The lowest BCUT2D eigenvalue weighted by Crippen LogP contribution is -2.08. The van der Waals surface area contributed by atoms with Crippen LogP contribution in [0.15, 0.2) is 83.4 Å². The highest BCUT2D eigenvalue weighted by atomic mass is 16.3. The average molecular weight is 451 g/mol. The number of fused-ring (bicyclic) bond motifs is 2. The molecular formula is C29H30N4O. The zero-order valence-electron chi connectivity index (χ0n) is 19.8. The molecule has 3 aromatic carbocycles. The third-order valence-corrected chi connectivity index (χ3v) is 6.16. The summed E-state index contributed by atoms with van der Waals surface area (Å²) in [4.78, 5) is 11.8. The van der Waals surface area contributed by atoms with Gasteiger partial charge in [-0.1, -0.05) is 56.5 Å². The SMILES string of the molecule is CCCCCCn1c(/C=C/N(C)c2ccccc2)nc2ccc(-c3nc4ccccc4o3)cc21. The monoisotopic (exact) mass is 450 g/mol. The maximum Gasteiger partial charge on any atom is 0.227 e. The minimum atomic E-state index is 0.641. The molecule has 0 bridgehead atoms. The highest BCUT2D eigenvalue weighted by Crippen LogP contribution is 2.28. The molecule has 0 fully saturated rings. The van der Waals surface area contributed by atoms with Crippen LogP contribution in [0.1, 0.15) is 38.4 Å². The molecule has 0 aliphatic heterocycles. The van der Waals surface area contributed by atoms with E-state index < -0.39 is 0 Å². The van der Waals surface area contributed by atoms with E-state index in [0.29, 0.717) is 5.89 Å². The number of nitrogens with zero attached hydrogens (tertiary/aromatic N) is 4. The summed E-state index contributed by atoms with van der Waals surface area (Å²) in [5.74, 6) is 1.60. The Hall–Kier alpha value is -3.86. The molecule has 34 heavy (non-hydrogen) atoms. The first-order valence-corrected chi connectivity index (χ1v) is 12.1. The molecule has 0 aliphatic rings. The Kier molecular flexibility index (Phi) is 6.43. The number of anilines is 1. The third kappa shape index (κ3) is 4.60. The van der Waals surface area contributed by atoms with Crippen molar-refractivity contribution < 1.29 is 4.42 Å². The van der Waals surface area contributed by atoms with E-state index in [1.165, 1.54) is 19.3 Å². The number of unbranched alkanes of at least 4 members (excludes halogenated alkanes) is 3. The van der Waals surface area contributed by atoms with Gasteiger partial charge < -0.3 is 13.9 Å². The van der Waals surface area contributed by atoms with Crippen LogP contribution >= 0.6 is 0 Å². The molecule has 5 nitrogen and oxygen atoms in total. The van der Waals surface area contributed by atoms with Gasteiger partial charge in [0.05, 0.1) is 11.0 Å². The van der Waals surface area contributed by atoms with E-state index in [4.69, 9.17) is 9.40 Å². The lowest BCUT2D eigenvalue weighted by atomic mass is 10.2. The first kappa shape index (κ1) is 22.0. The van der Waals surface area contributed by atoms with Gasteiger partial charge in [0.1, 0.15) is 11.3 Å². The Balaban J connectivity index is 1.51. The van der Waals surface area contributed by atoms with Crippen molar-refractivity contribution in [2.75, 3.05) is 11.9 Å². The molecule has 172 valence electrons. The number of para-hydroxylation sites is 3. The van der Waals surface area contributed by atoms with E-state index >= 15 is 0 Å². The van der Waals surface area contributed by atoms with E-state index in [2.05, 4.69) is 77.1 Å². The van der Waals surface area contributed by atoms with Crippen molar-refractivity contribution in [2.24, 2.45) is 0 Å². The molecule has 2 aromatic heterocycles. The summed E-state index contributed by atoms with van der Waals surface area (Å²) in [6.07, 6.45) is 9.01. The molecule has 2 heterocycles. The van der Waals surface area contributed by atoms with Gasteiger partial charge in [-0.2, -0.15) is 0 Å². The zero-order valence-corrected chi connectivity index (χ0v) is 19.8. The normalized spacial score (nSPS) is 11.7. The van der Waals surface area contributed by atoms with Crippen LogP contribution in [0, 0.1) is 0 Å². The number of benzene rings is 3. The highest BCUT2D eigenvalue weighted by molar-refractivity contribution is 5.84. The maximum atomic E-state index is 6.03. The Bertz CT molecular complexity index is 1380. The Morgan fingerprint density at radius 1 is 0.882 bits per heavy atom. The van der Waals surface area contributed by atoms with Crippen LogP contribution in [-0.4, -0.2) is 21.6 Å². The predicted molar refractivity (Wildman–Crippen MR) is 141 cm³/mol. The van der Waals surface area contributed by atoms with Crippen LogP contribution in [0.5, 0.6) is 0 Å². The van der Waals surface area contributed by atoms with Crippen LogP contribution in [0.3, 0.4) is 0 Å². The van der Waals surface area contributed by atoms with Gasteiger partial charge in [-0.05, 0) is 55.0 Å². The fraction of sp³-hybridized carbons (Fsp3) is 0.241. The number of rotatable bonds is 9. The van der Waals surface area contributed by atoms with E-state index in [9.17, 15) is 0 Å². The van der Waals surface area contributed by atoms with Gasteiger partial charge >= 0.3 is 0 Å². The Morgan fingerprint density at radius 2 is 1.71 bits per heavy atom. The lowest BCUT2D eigenvalue weighted by molar-refractivity contribution is 0.588. The number of hydrogen-bond donors (Lipinski definition) is 0. The van der Waals surface area contributed by atoms with Gasteiger partial charge in [-0.3, -0.25) is 0 Å². The van der Waals surface area contributed by atoms with Crippen molar-refractivity contribution >= 4 is 33.9 Å². The van der Waals surface area contributed by atoms with Crippen molar-refractivity contribution in [1.29, 1.82) is 0 Å². The van der Waals surface area contributed by atoms with Crippen LogP contribution in [-0.2, 0) is 6.54 Å². The van der Waals surface area contributed by atoms with E-state index in [1.54, 1.807) is 0 Å². The van der Waals surface area contributed by atoms with Crippen LogP contribution in [0.2, 0.25) is 0 Å². The summed E-state index contributed by atoms with van der Waals surface area (Å²) < 4.78 is 8.36. The molecule has 0 saturated carbocycles. The summed E-state index contributed by atoms with van der Waals surface area (Å²) in [6.45, 7) is 3.18. The van der Waals surface area contributed by atoms with Crippen LogP contribution in [0.25, 0.3) is 39.7 Å². The van der Waals surface area contributed by atoms with Crippen LogP contribution in [0.4, 0.5) is 5.69 Å². The van der Waals surface area contributed by atoms with E-state index in [-0.39, 0.29) is 0 Å². The van der Waals surface area contributed by atoms with Gasteiger partial charge in [-0.25, -0.2) is 9.97 Å². The fourth-order valence-corrected chi connectivity index (χ4v) is 4.26. The lowest BCUT2D eigenvalue weighted by Gasteiger charge is -2.14. The number of oxazole rings is 1. The summed E-state index contributed by atoms with van der Waals surface area (Å²) in [6, 6.07) is 24.5. The molecule has 5 heteroatoms. The average Bonchev–Trinajstić information content (AvgIpc) is 3.46. The standard InChI is InChI=1S/C29H30N4O/c1-3-4-5-11-19-33-26-21-22(29-31-25-14-9-10-15-27(25)34-29)16-17-24(26)30-28(33)18-20-32(2)23-12-7-6-8-13-23/h6-10,12-18,20-21H,3-5,11,19H2,1-2H3/b20-18+. The number of hydrogen-bond acceptors (Lipinski definition) is 4. The summed E-state index contributed by atoms with van der Waals surface area (Å²) in [5, 5.41) is 0. The fourth-order valence-electron chi connectivity index (χ4n) is 4.26. The largest absolute Gasteiger partial charge is 0.436 e. The minimum absolute atomic E-state index is 0.641. The minimum Gasteiger partial charge on any atom is -0.436 e. The Morgan fingerprint density at radius 3 is 2.53 bits per heavy atom. The molecule has 0 atom stereocenters. The molecule has 0 spiro atoms. The summed E-state index contributed by atoms with van der Waals surface area (Å²) in [5.41, 5.74) is 5.88. The second-order valence-corrected chi connectivity index (χ2v) is 8.63. The smallest absolute Gasteiger partial charge is 0.227 e. The highest BCUT2D eigenvalue weighted by Gasteiger charge is 2.13. The molecule has 0 N–H and O–H groups in total. The first-order chi connectivity index (χ1) is 16.7. The number of imidazole rings is 1. The molecule has 0 amide bonds. The van der Waals surface area contributed by atoms with Crippen molar-refractivity contribution in [3.05, 3.63) is 84.8 Å². The van der Waals surface area contributed by atoms with Gasteiger partial charge in [0, 0.05) is 31.0 Å². The van der Waals surface area contributed by atoms with Crippen molar-refractivity contribution in [3.8, 4) is 11.5 Å². The maximum absolute atomic E-state index is 6.03. The van der Waals surface area contributed by atoms with Gasteiger partial charge in [0.2, 0.25) is 5.89 Å². The van der Waals surface area contributed by atoms with Crippen molar-refractivity contribution in [1.82, 2.24) is 14.5 Å². The third-order valence-electron chi connectivity index (χ3n) is 6.16. The first-order valence-electron chi connectivity index (χ1n) is 12.1. The van der Waals surface area contributed by atoms with Gasteiger partial charge in [0.15, 0.2) is 5.58 Å². The molecular weight excluding hydrogens is 420 g/mol. The molecule has 0 saturated heterocycles. The topological polar surface area (TPSA) is 47.1 Å². The van der Waals surface area contributed by atoms with Gasteiger partial charge in [-0.15, -0.1) is 0 Å². The van der Waals surface area contributed by atoms with Gasteiger partial charge in [0.25, 0.3) is 0 Å². The van der Waals surface area contributed by atoms with E-state index in [1.807, 2.05) is 36.4 Å². The van der Waals surface area contributed by atoms with E-state index in [0.717, 1.165) is 52.2 Å². The number of aromatic nitrogens is 3. The molecule has 0 aliphatic carbocycles. The molecule has 0 radical (unpaired) electrons.